The van der Waals surface area contributed by atoms with Gasteiger partial charge >= 0.3 is 11.9 Å². The van der Waals surface area contributed by atoms with Crippen molar-refractivity contribution in [2.45, 2.75) is 199 Å². The number of carbonyl (C=O) groups is 2. The van der Waals surface area contributed by atoms with Crippen molar-refractivity contribution in [1.29, 1.82) is 0 Å². The van der Waals surface area contributed by atoms with E-state index >= 15 is 0 Å². The molecule has 0 heterocycles. The lowest BCUT2D eigenvalue weighted by molar-refractivity contribution is 0.000868. The van der Waals surface area contributed by atoms with Crippen LogP contribution in [0.1, 0.15) is 141 Å². The van der Waals surface area contributed by atoms with Crippen LogP contribution in [0, 0.1) is 0 Å². The van der Waals surface area contributed by atoms with Gasteiger partial charge in [-0.25, -0.2) is 9.59 Å². The SMILES string of the molecule is CCCCC/C=C\C[C@@H](O[Si](C)(C)C(C)(C)C)C(/C=C\C=C/C(OC(=O)c1ccccc1)[C@H](CCCCO[Si](C)(C)C(C)(C)C)O[Si](C)(C)C(C)(C)C)OC(=O)c1ccccc1. The average Bonchev–Trinajstić information content (AvgIpc) is 3.18. The minimum absolute atomic E-state index is 0.0560. The molecule has 4 atom stereocenters. The summed E-state index contributed by atoms with van der Waals surface area (Å²) in [6.45, 7) is 36.6. The summed E-state index contributed by atoms with van der Waals surface area (Å²) in [5.74, 6) is -0.812. The number of hydrogen-bond acceptors (Lipinski definition) is 7. The van der Waals surface area contributed by atoms with Crippen molar-refractivity contribution in [3.63, 3.8) is 0 Å². The molecule has 0 aliphatic heterocycles. The summed E-state index contributed by atoms with van der Waals surface area (Å²) in [5.41, 5.74) is 0.965. The fourth-order valence-corrected chi connectivity index (χ4v) is 9.65. The molecule has 0 spiro atoms. The summed E-state index contributed by atoms with van der Waals surface area (Å²) in [6.07, 6.45) is 17.4. The molecule has 348 valence electrons. The topological polar surface area (TPSA) is 80.3 Å². The Kier molecular flexibility index (Phi) is 22.3. The van der Waals surface area contributed by atoms with Gasteiger partial charge in [0.2, 0.25) is 0 Å². The first kappa shape index (κ1) is 55.3. The van der Waals surface area contributed by atoms with Gasteiger partial charge in [-0.1, -0.05) is 143 Å². The number of benzene rings is 2. The molecule has 10 heteroatoms. The molecular formula is C52H86O7Si3. The van der Waals surface area contributed by atoms with Crippen LogP contribution in [0.15, 0.2) is 97.1 Å². The van der Waals surface area contributed by atoms with Gasteiger partial charge in [-0.05, 0) is 129 Å². The van der Waals surface area contributed by atoms with Crippen LogP contribution in [-0.4, -0.2) is 67.9 Å². The van der Waals surface area contributed by atoms with E-state index in [0.29, 0.717) is 30.6 Å². The quantitative estimate of drug-likeness (QED) is 0.0323. The maximum atomic E-state index is 13.8. The Bertz CT molecular complexity index is 1700. The number of unbranched alkanes of at least 4 members (excludes halogenated alkanes) is 4. The average molecular weight is 908 g/mol. The number of esters is 2. The van der Waals surface area contributed by atoms with Crippen LogP contribution in [0.3, 0.4) is 0 Å². The zero-order valence-electron chi connectivity index (χ0n) is 41.8. The normalized spacial score (nSPS) is 15.5. The van der Waals surface area contributed by atoms with Crippen molar-refractivity contribution in [2.75, 3.05) is 6.61 Å². The van der Waals surface area contributed by atoms with Crippen molar-refractivity contribution < 1.29 is 32.3 Å². The Morgan fingerprint density at radius 3 is 1.44 bits per heavy atom. The zero-order chi connectivity index (χ0) is 46.8. The van der Waals surface area contributed by atoms with Gasteiger partial charge in [0.25, 0.3) is 0 Å². The first-order valence-electron chi connectivity index (χ1n) is 23.2. The van der Waals surface area contributed by atoms with Crippen LogP contribution in [-0.2, 0) is 22.8 Å². The van der Waals surface area contributed by atoms with Gasteiger partial charge in [-0.2, -0.15) is 0 Å². The Morgan fingerprint density at radius 2 is 1.00 bits per heavy atom. The molecule has 0 amide bonds. The molecule has 0 saturated heterocycles. The number of allylic oxidation sites excluding steroid dienone is 3. The second-order valence-electron chi connectivity index (χ2n) is 21.4. The predicted molar refractivity (Wildman–Crippen MR) is 269 cm³/mol. The number of ether oxygens (including phenoxy) is 2. The fourth-order valence-electron chi connectivity index (χ4n) is 5.86. The fraction of sp³-hybridized carbons (Fsp3) is 0.615. The molecule has 0 N–H and O–H groups in total. The molecule has 0 saturated carbocycles. The maximum absolute atomic E-state index is 13.8. The van der Waals surface area contributed by atoms with Gasteiger partial charge in [0.15, 0.2) is 25.0 Å². The molecule has 0 aromatic heterocycles. The molecule has 2 aromatic rings. The van der Waals surface area contributed by atoms with Gasteiger partial charge < -0.3 is 22.8 Å². The van der Waals surface area contributed by atoms with E-state index in [1.807, 2.05) is 60.7 Å². The summed E-state index contributed by atoms with van der Waals surface area (Å²) in [7, 11) is -6.51. The van der Waals surface area contributed by atoms with E-state index < -0.39 is 55.2 Å². The molecule has 0 radical (unpaired) electrons. The minimum Gasteiger partial charge on any atom is -0.452 e. The third-order valence-corrected chi connectivity index (χ3v) is 26.7. The van der Waals surface area contributed by atoms with E-state index in [9.17, 15) is 9.59 Å². The molecular weight excluding hydrogens is 821 g/mol. The molecule has 0 fully saturated rings. The van der Waals surface area contributed by atoms with Crippen molar-refractivity contribution in [3.05, 3.63) is 108 Å². The van der Waals surface area contributed by atoms with Gasteiger partial charge in [0, 0.05) is 6.61 Å². The first-order valence-corrected chi connectivity index (χ1v) is 32.0. The summed E-state index contributed by atoms with van der Waals surface area (Å²) in [5, 5.41) is 0.0179. The van der Waals surface area contributed by atoms with Crippen LogP contribution in [0.4, 0.5) is 0 Å². The largest absolute Gasteiger partial charge is 0.452 e. The maximum Gasteiger partial charge on any atom is 0.338 e. The number of carbonyl (C=O) groups excluding carboxylic acids is 2. The number of hydrogen-bond donors (Lipinski definition) is 0. The van der Waals surface area contributed by atoms with Crippen molar-refractivity contribution in [2.24, 2.45) is 0 Å². The lowest BCUT2D eigenvalue weighted by atomic mass is 10.1. The third-order valence-electron chi connectivity index (χ3n) is 13.1. The molecule has 0 aliphatic carbocycles. The molecule has 0 bridgehead atoms. The van der Waals surface area contributed by atoms with Crippen LogP contribution in [0.5, 0.6) is 0 Å². The van der Waals surface area contributed by atoms with Crippen LogP contribution in [0.25, 0.3) is 0 Å². The molecule has 2 aromatic carbocycles. The Morgan fingerprint density at radius 1 is 0.565 bits per heavy atom. The van der Waals surface area contributed by atoms with E-state index in [2.05, 4.69) is 121 Å². The van der Waals surface area contributed by atoms with Crippen molar-refractivity contribution in [1.82, 2.24) is 0 Å². The highest BCUT2D eigenvalue weighted by atomic mass is 28.4. The van der Waals surface area contributed by atoms with Gasteiger partial charge in [-0.15, -0.1) is 0 Å². The predicted octanol–water partition coefficient (Wildman–Crippen LogP) is 15.0. The highest BCUT2D eigenvalue weighted by Gasteiger charge is 2.43. The zero-order valence-corrected chi connectivity index (χ0v) is 44.8. The van der Waals surface area contributed by atoms with E-state index in [-0.39, 0.29) is 21.2 Å². The smallest absolute Gasteiger partial charge is 0.338 e. The van der Waals surface area contributed by atoms with Crippen LogP contribution in [0.2, 0.25) is 54.4 Å². The summed E-state index contributed by atoms with van der Waals surface area (Å²) in [4.78, 5) is 27.5. The highest BCUT2D eigenvalue weighted by Crippen LogP contribution is 2.40. The summed E-state index contributed by atoms with van der Waals surface area (Å²) >= 11 is 0. The summed E-state index contributed by atoms with van der Waals surface area (Å²) in [6, 6.07) is 18.2. The van der Waals surface area contributed by atoms with E-state index in [1.165, 1.54) is 12.8 Å². The second kappa shape index (κ2) is 25.0. The first-order chi connectivity index (χ1) is 28.7. The summed E-state index contributed by atoms with van der Waals surface area (Å²) < 4.78 is 33.5. The minimum atomic E-state index is -2.32. The second-order valence-corrected chi connectivity index (χ2v) is 35.7. The standard InChI is InChI=1S/C52H86O7Si3/c1-17-18-19-20-21-28-39-46(58-61(13,14)51(5,6)7)44(56-48(53)42-33-24-22-25-34-42)37-29-30-38-45(57-49(54)43-35-26-23-27-36-43)47(59-62(15,16)52(8,9)10)40-31-32-41-55-60(11,12)50(2,3)4/h21-30,33-38,44-47H,17-20,31-32,39-41H2,1-16H3/b28-21-,37-29-,38-30-/t44?,45?,46-,47+/m1/s1. The molecule has 0 aliphatic rings. The number of rotatable bonds is 25. The lowest BCUT2D eigenvalue weighted by Crippen LogP contribution is -2.47. The van der Waals surface area contributed by atoms with E-state index in [4.69, 9.17) is 22.8 Å². The Hall–Kier alpha value is -2.87. The van der Waals surface area contributed by atoms with E-state index in [1.54, 1.807) is 24.3 Å². The molecule has 2 unspecified atom stereocenters. The van der Waals surface area contributed by atoms with Crippen molar-refractivity contribution in [3.8, 4) is 0 Å². The van der Waals surface area contributed by atoms with Crippen LogP contribution < -0.4 is 0 Å². The van der Waals surface area contributed by atoms with Gasteiger partial charge in [0.05, 0.1) is 23.3 Å². The van der Waals surface area contributed by atoms with Gasteiger partial charge in [-0.3, -0.25) is 0 Å². The van der Waals surface area contributed by atoms with Crippen LogP contribution >= 0.6 is 0 Å². The molecule has 2 rings (SSSR count). The van der Waals surface area contributed by atoms with Crippen molar-refractivity contribution >= 4 is 36.9 Å². The van der Waals surface area contributed by atoms with Gasteiger partial charge in [0.1, 0.15) is 12.2 Å². The highest BCUT2D eigenvalue weighted by molar-refractivity contribution is 6.75. The Labute approximate surface area is 381 Å². The Balaban J connectivity index is 2.62. The molecule has 7 nitrogen and oxygen atoms in total. The van der Waals surface area contributed by atoms with E-state index in [0.717, 1.165) is 25.7 Å². The monoisotopic (exact) mass is 907 g/mol. The molecule has 62 heavy (non-hydrogen) atoms. The third kappa shape index (κ3) is 18.7. The lowest BCUT2D eigenvalue weighted by Gasteiger charge is -2.41.